The average Bonchev–Trinajstić information content (AvgIpc) is 2.79. The third-order valence-electron chi connectivity index (χ3n) is 5.18. The Morgan fingerprint density at radius 3 is 2.50 bits per heavy atom. The number of nitrogens with zero attached hydrogens (tertiary/aromatic N) is 3. The number of halogens is 1. The number of aliphatic imine (C=N–C) groups is 1. The van der Waals surface area contributed by atoms with Crippen molar-refractivity contribution >= 4 is 17.6 Å². The van der Waals surface area contributed by atoms with E-state index in [0.29, 0.717) is 12.1 Å². The first-order chi connectivity index (χ1) is 14.6. The van der Waals surface area contributed by atoms with Gasteiger partial charge in [0.05, 0.1) is 0 Å². The molecule has 0 spiro atoms. The van der Waals surface area contributed by atoms with E-state index in [1.165, 1.54) is 12.1 Å². The van der Waals surface area contributed by atoms with Crippen molar-refractivity contribution < 1.29 is 9.18 Å². The Kier molecular flexibility index (Phi) is 7.65. The zero-order valence-corrected chi connectivity index (χ0v) is 17.7. The molecule has 1 saturated heterocycles. The molecule has 0 unspecified atom stereocenters. The molecule has 30 heavy (non-hydrogen) atoms. The summed E-state index contributed by atoms with van der Waals surface area (Å²) in [4.78, 5) is 21.1. The maximum Gasteiger partial charge on any atom is 0.251 e. The predicted molar refractivity (Wildman–Crippen MR) is 120 cm³/mol. The topological polar surface area (TPSA) is 60.0 Å². The number of nitrogens with one attached hydrogen (secondary N) is 2. The van der Waals surface area contributed by atoms with Gasteiger partial charge in [0, 0.05) is 57.6 Å². The summed E-state index contributed by atoms with van der Waals surface area (Å²) in [5, 5.41) is 6.04. The summed E-state index contributed by atoms with van der Waals surface area (Å²) < 4.78 is 13.2. The van der Waals surface area contributed by atoms with Gasteiger partial charge in [0.15, 0.2) is 5.96 Å². The minimum atomic E-state index is -0.209. The molecule has 2 N–H and O–H groups in total. The third-order valence-corrected chi connectivity index (χ3v) is 5.18. The van der Waals surface area contributed by atoms with Crippen molar-refractivity contribution in [3.8, 4) is 0 Å². The van der Waals surface area contributed by atoms with Crippen LogP contribution in [0.15, 0.2) is 53.5 Å². The molecule has 1 amide bonds. The highest BCUT2D eigenvalue weighted by Crippen LogP contribution is 2.17. The number of rotatable bonds is 6. The molecule has 1 aliphatic heterocycles. The Labute approximate surface area is 177 Å². The van der Waals surface area contributed by atoms with Crippen LogP contribution in [-0.4, -0.2) is 63.1 Å². The second kappa shape index (κ2) is 10.6. The molecule has 6 nitrogen and oxygen atoms in total. The van der Waals surface area contributed by atoms with Crippen LogP contribution in [0.4, 0.5) is 10.1 Å². The van der Waals surface area contributed by atoms with Gasteiger partial charge in [-0.15, -0.1) is 0 Å². The molecule has 0 saturated carbocycles. The van der Waals surface area contributed by atoms with Gasteiger partial charge in [0.25, 0.3) is 5.91 Å². The van der Waals surface area contributed by atoms with Crippen LogP contribution in [0.3, 0.4) is 0 Å². The Morgan fingerprint density at radius 1 is 1.10 bits per heavy atom. The summed E-state index contributed by atoms with van der Waals surface area (Å²) in [6.45, 7) is 6.97. The lowest BCUT2D eigenvalue weighted by atomic mass is 10.1. The van der Waals surface area contributed by atoms with Crippen LogP contribution >= 0.6 is 0 Å². The molecular formula is C23H30FN5O. The second-order valence-electron chi connectivity index (χ2n) is 7.22. The number of carbonyl (C=O) groups excluding carboxylic acids is 1. The largest absolute Gasteiger partial charge is 0.368 e. The van der Waals surface area contributed by atoms with Gasteiger partial charge in [-0.25, -0.2) is 4.39 Å². The van der Waals surface area contributed by atoms with E-state index in [2.05, 4.69) is 27.4 Å². The molecule has 1 heterocycles. The standard InChI is InChI=1S/C23H30FN5O/c1-3-26-23(27-12-11-18-5-4-6-19(17-18)22(30)25-2)29-15-13-28(14-16-29)21-9-7-20(24)8-10-21/h4-10,17H,3,11-16H2,1-2H3,(H,25,30)(H,26,27). The van der Waals surface area contributed by atoms with Crippen LogP contribution in [-0.2, 0) is 6.42 Å². The number of benzene rings is 2. The van der Waals surface area contributed by atoms with Crippen LogP contribution in [0.25, 0.3) is 0 Å². The molecule has 1 aliphatic rings. The predicted octanol–water partition coefficient (Wildman–Crippen LogP) is 2.52. The van der Waals surface area contributed by atoms with Gasteiger partial charge >= 0.3 is 0 Å². The summed E-state index contributed by atoms with van der Waals surface area (Å²) >= 11 is 0. The number of carbonyl (C=O) groups is 1. The molecule has 2 aromatic rings. The van der Waals surface area contributed by atoms with E-state index in [1.54, 1.807) is 7.05 Å². The van der Waals surface area contributed by atoms with Crippen molar-refractivity contribution in [3.63, 3.8) is 0 Å². The number of hydrogen-bond donors (Lipinski definition) is 2. The summed E-state index contributed by atoms with van der Waals surface area (Å²) in [6.07, 6.45) is 0.773. The molecule has 0 atom stereocenters. The molecule has 0 aliphatic carbocycles. The van der Waals surface area contributed by atoms with E-state index < -0.39 is 0 Å². The minimum Gasteiger partial charge on any atom is -0.368 e. The molecule has 160 valence electrons. The molecular weight excluding hydrogens is 381 g/mol. The third kappa shape index (κ3) is 5.72. The van der Waals surface area contributed by atoms with Crippen LogP contribution in [0.2, 0.25) is 0 Å². The minimum absolute atomic E-state index is 0.0762. The SMILES string of the molecule is CCNC(=NCCc1cccc(C(=O)NC)c1)N1CCN(c2ccc(F)cc2)CC1. The fourth-order valence-corrected chi connectivity index (χ4v) is 3.56. The molecule has 2 aromatic carbocycles. The van der Waals surface area contributed by atoms with Crippen molar-refractivity contribution in [2.24, 2.45) is 4.99 Å². The first-order valence-corrected chi connectivity index (χ1v) is 10.5. The first-order valence-electron chi connectivity index (χ1n) is 10.5. The first kappa shape index (κ1) is 21.6. The Morgan fingerprint density at radius 2 is 1.83 bits per heavy atom. The summed E-state index contributed by atoms with van der Waals surface area (Å²) in [6, 6.07) is 14.3. The van der Waals surface area contributed by atoms with Crippen molar-refractivity contribution in [2.45, 2.75) is 13.3 Å². The zero-order valence-electron chi connectivity index (χ0n) is 17.7. The maximum absolute atomic E-state index is 13.2. The van der Waals surface area contributed by atoms with E-state index in [1.807, 2.05) is 36.4 Å². The molecule has 7 heteroatoms. The molecule has 0 bridgehead atoms. The van der Waals surface area contributed by atoms with Gasteiger partial charge in [0.1, 0.15) is 5.82 Å². The van der Waals surface area contributed by atoms with Crippen molar-refractivity contribution in [3.05, 3.63) is 65.5 Å². The van der Waals surface area contributed by atoms with Gasteiger partial charge in [-0.05, 0) is 55.3 Å². The number of amides is 1. The van der Waals surface area contributed by atoms with Gasteiger partial charge in [-0.1, -0.05) is 12.1 Å². The molecule has 0 radical (unpaired) electrons. The Bertz CT molecular complexity index is 860. The lowest BCUT2D eigenvalue weighted by Gasteiger charge is -2.37. The highest BCUT2D eigenvalue weighted by Gasteiger charge is 2.19. The monoisotopic (exact) mass is 411 g/mol. The van der Waals surface area contributed by atoms with E-state index in [9.17, 15) is 9.18 Å². The van der Waals surface area contributed by atoms with Gasteiger partial charge in [-0.2, -0.15) is 0 Å². The van der Waals surface area contributed by atoms with Gasteiger partial charge < -0.3 is 20.4 Å². The highest BCUT2D eigenvalue weighted by atomic mass is 19.1. The van der Waals surface area contributed by atoms with E-state index in [0.717, 1.165) is 56.4 Å². The maximum atomic E-state index is 13.2. The lowest BCUT2D eigenvalue weighted by molar-refractivity contribution is 0.0963. The molecule has 1 fully saturated rings. The van der Waals surface area contributed by atoms with Gasteiger partial charge in [-0.3, -0.25) is 9.79 Å². The second-order valence-corrected chi connectivity index (χ2v) is 7.22. The van der Waals surface area contributed by atoms with E-state index >= 15 is 0 Å². The van der Waals surface area contributed by atoms with Crippen molar-refractivity contribution in [2.75, 3.05) is 51.2 Å². The summed E-state index contributed by atoms with van der Waals surface area (Å²) in [5.41, 5.74) is 2.81. The van der Waals surface area contributed by atoms with E-state index in [4.69, 9.17) is 4.99 Å². The van der Waals surface area contributed by atoms with Crippen molar-refractivity contribution in [1.82, 2.24) is 15.5 Å². The van der Waals surface area contributed by atoms with Crippen LogP contribution in [0, 0.1) is 5.82 Å². The average molecular weight is 412 g/mol. The van der Waals surface area contributed by atoms with Crippen LogP contribution in [0.1, 0.15) is 22.8 Å². The van der Waals surface area contributed by atoms with Crippen molar-refractivity contribution in [1.29, 1.82) is 0 Å². The number of guanidine groups is 1. The molecule has 0 aromatic heterocycles. The fourth-order valence-electron chi connectivity index (χ4n) is 3.56. The van der Waals surface area contributed by atoms with Crippen LogP contribution < -0.4 is 15.5 Å². The Balaban J connectivity index is 1.57. The van der Waals surface area contributed by atoms with Crippen LogP contribution in [0.5, 0.6) is 0 Å². The molecule has 3 rings (SSSR count). The lowest BCUT2D eigenvalue weighted by Crippen LogP contribution is -2.52. The zero-order chi connectivity index (χ0) is 21.3. The quantitative estimate of drug-likeness (QED) is 0.567. The highest BCUT2D eigenvalue weighted by molar-refractivity contribution is 5.94. The van der Waals surface area contributed by atoms with E-state index in [-0.39, 0.29) is 11.7 Å². The summed E-state index contributed by atoms with van der Waals surface area (Å²) in [5.74, 6) is 0.631. The fraction of sp³-hybridized carbons (Fsp3) is 0.391. The number of hydrogen-bond acceptors (Lipinski definition) is 3. The van der Waals surface area contributed by atoms with Gasteiger partial charge in [0.2, 0.25) is 0 Å². The summed E-state index contributed by atoms with van der Waals surface area (Å²) in [7, 11) is 1.64. The number of piperazine rings is 1. The smallest absolute Gasteiger partial charge is 0.251 e. The number of anilines is 1. The Hall–Kier alpha value is -3.09. The normalized spacial score (nSPS) is 14.6.